The van der Waals surface area contributed by atoms with E-state index < -0.39 is 0 Å². The van der Waals surface area contributed by atoms with Gasteiger partial charge in [-0.15, -0.1) is 0 Å². The van der Waals surface area contributed by atoms with E-state index in [0.717, 1.165) is 38.1 Å². The molecule has 1 amide bonds. The summed E-state index contributed by atoms with van der Waals surface area (Å²) in [5.74, 6) is 2.91. The largest absolute Gasteiger partial charge is 0.338 e. The zero-order valence-corrected chi connectivity index (χ0v) is 12.1. The average Bonchev–Trinajstić information content (AvgIpc) is 2.69. The van der Waals surface area contributed by atoms with Crippen LogP contribution in [-0.4, -0.2) is 28.9 Å². The summed E-state index contributed by atoms with van der Waals surface area (Å²) >= 11 is 1.94. The molecule has 19 heavy (non-hydrogen) atoms. The van der Waals surface area contributed by atoms with Crippen LogP contribution >= 0.6 is 11.8 Å². The number of benzene rings is 1. The first kappa shape index (κ1) is 13.0. The summed E-state index contributed by atoms with van der Waals surface area (Å²) in [6.07, 6.45) is 4.50. The van der Waals surface area contributed by atoms with Gasteiger partial charge in [0.25, 0.3) is 0 Å². The first-order valence-corrected chi connectivity index (χ1v) is 8.43. The molecule has 0 saturated carbocycles. The summed E-state index contributed by atoms with van der Waals surface area (Å²) in [4.78, 5) is 14.7. The molecule has 0 spiro atoms. The van der Waals surface area contributed by atoms with Crippen LogP contribution in [0.2, 0.25) is 0 Å². The van der Waals surface area contributed by atoms with Crippen molar-refractivity contribution >= 4 is 17.7 Å². The summed E-state index contributed by atoms with van der Waals surface area (Å²) < 4.78 is 0. The zero-order valence-electron chi connectivity index (χ0n) is 11.3. The van der Waals surface area contributed by atoms with Gasteiger partial charge in [-0.1, -0.05) is 24.3 Å². The van der Waals surface area contributed by atoms with Gasteiger partial charge in [-0.25, -0.2) is 0 Å². The second kappa shape index (κ2) is 6.00. The van der Waals surface area contributed by atoms with Crippen molar-refractivity contribution < 1.29 is 4.79 Å². The lowest BCUT2D eigenvalue weighted by Gasteiger charge is -2.28. The maximum Gasteiger partial charge on any atom is 0.226 e. The Morgan fingerprint density at radius 3 is 2.84 bits per heavy atom. The molecule has 0 aliphatic carbocycles. The third-order valence-electron chi connectivity index (χ3n) is 4.17. The SMILES string of the molecule is O=C([C@@H]1CCCSC1)N1CCCc2ccccc2C1. The highest BCUT2D eigenvalue weighted by Gasteiger charge is 2.27. The topological polar surface area (TPSA) is 20.3 Å². The average molecular weight is 275 g/mol. The fourth-order valence-electron chi connectivity index (χ4n) is 3.08. The van der Waals surface area contributed by atoms with Gasteiger partial charge in [0, 0.05) is 24.8 Å². The predicted octanol–water partition coefficient (Wildman–Crippen LogP) is 3.10. The van der Waals surface area contributed by atoms with E-state index in [1.165, 1.54) is 23.3 Å². The summed E-state index contributed by atoms with van der Waals surface area (Å²) in [5, 5.41) is 0. The Bertz CT molecular complexity index is 454. The van der Waals surface area contributed by atoms with Crippen molar-refractivity contribution in [1.82, 2.24) is 4.90 Å². The number of aryl methyl sites for hydroxylation is 1. The molecule has 0 unspecified atom stereocenters. The van der Waals surface area contributed by atoms with Crippen LogP contribution in [0.15, 0.2) is 24.3 Å². The molecule has 0 N–H and O–H groups in total. The first-order chi connectivity index (χ1) is 9.34. The Labute approximate surface area is 119 Å². The van der Waals surface area contributed by atoms with Crippen LogP contribution in [0.1, 0.15) is 30.4 Å². The molecule has 2 heterocycles. The minimum absolute atomic E-state index is 0.268. The van der Waals surface area contributed by atoms with E-state index in [2.05, 4.69) is 29.2 Å². The molecule has 2 nitrogen and oxygen atoms in total. The Morgan fingerprint density at radius 1 is 1.21 bits per heavy atom. The van der Waals surface area contributed by atoms with Gasteiger partial charge >= 0.3 is 0 Å². The smallest absolute Gasteiger partial charge is 0.226 e. The second-order valence-electron chi connectivity index (χ2n) is 5.55. The van der Waals surface area contributed by atoms with Crippen LogP contribution < -0.4 is 0 Å². The molecule has 1 aromatic rings. The Balaban J connectivity index is 1.73. The minimum Gasteiger partial charge on any atom is -0.338 e. The number of amides is 1. The molecule has 1 fully saturated rings. The molecule has 1 atom stereocenters. The highest BCUT2D eigenvalue weighted by molar-refractivity contribution is 7.99. The van der Waals surface area contributed by atoms with Gasteiger partial charge in [0.05, 0.1) is 0 Å². The number of thioether (sulfide) groups is 1. The molecule has 2 aliphatic heterocycles. The third-order valence-corrected chi connectivity index (χ3v) is 5.39. The number of carbonyl (C=O) groups excluding carboxylic acids is 1. The maximum absolute atomic E-state index is 12.6. The van der Waals surface area contributed by atoms with Gasteiger partial charge in [0.2, 0.25) is 5.91 Å². The molecular weight excluding hydrogens is 254 g/mol. The molecule has 3 rings (SSSR count). The summed E-state index contributed by atoms with van der Waals surface area (Å²) in [5.41, 5.74) is 2.77. The van der Waals surface area contributed by atoms with Gasteiger partial charge in [0.15, 0.2) is 0 Å². The van der Waals surface area contributed by atoms with E-state index in [1.807, 2.05) is 11.8 Å². The Kier molecular flexibility index (Phi) is 4.12. The fraction of sp³-hybridized carbons (Fsp3) is 0.562. The maximum atomic E-state index is 12.6. The van der Waals surface area contributed by atoms with Crippen molar-refractivity contribution in [3.63, 3.8) is 0 Å². The second-order valence-corrected chi connectivity index (χ2v) is 6.70. The van der Waals surface area contributed by atoms with Crippen molar-refractivity contribution in [3.8, 4) is 0 Å². The molecule has 2 aliphatic rings. The van der Waals surface area contributed by atoms with Gasteiger partial charge in [-0.05, 0) is 42.6 Å². The molecule has 3 heteroatoms. The van der Waals surface area contributed by atoms with E-state index in [-0.39, 0.29) is 5.92 Å². The summed E-state index contributed by atoms with van der Waals surface area (Å²) in [6.45, 7) is 1.74. The number of hydrogen-bond donors (Lipinski definition) is 0. The van der Waals surface area contributed by atoms with E-state index in [4.69, 9.17) is 0 Å². The van der Waals surface area contributed by atoms with E-state index in [1.54, 1.807) is 0 Å². The molecule has 1 saturated heterocycles. The number of nitrogens with zero attached hydrogens (tertiary/aromatic N) is 1. The normalized spacial score (nSPS) is 23.6. The van der Waals surface area contributed by atoms with Gasteiger partial charge in [-0.2, -0.15) is 11.8 Å². The predicted molar refractivity (Wildman–Crippen MR) is 80.2 cm³/mol. The highest BCUT2D eigenvalue weighted by Crippen LogP contribution is 2.26. The summed E-state index contributed by atoms with van der Waals surface area (Å²) in [6, 6.07) is 8.58. The Hall–Kier alpha value is -0.960. The highest BCUT2D eigenvalue weighted by atomic mass is 32.2. The van der Waals surface area contributed by atoms with Crippen molar-refractivity contribution in [2.24, 2.45) is 5.92 Å². The number of fused-ring (bicyclic) bond motifs is 1. The van der Waals surface area contributed by atoms with E-state index >= 15 is 0 Å². The van der Waals surface area contributed by atoms with Gasteiger partial charge in [0.1, 0.15) is 0 Å². The molecule has 0 aromatic heterocycles. The van der Waals surface area contributed by atoms with Crippen molar-refractivity contribution in [3.05, 3.63) is 35.4 Å². The van der Waals surface area contributed by atoms with Crippen LogP contribution in [0, 0.1) is 5.92 Å². The Morgan fingerprint density at radius 2 is 2.05 bits per heavy atom. The molecule has 0 bridgehead atoms. The fourth-order valence-corrected chi connectivity index (χ4v) is 4.21. The van der Waals surface area contributed by atoms with E-state index in [9.17, 15) is 4.79 Å². The number of rotatable bonds is 1. The number of hydrogen-bond acceptors (Lipinski definition) is 2. The third kappa shape index (κ3) is 2.97. The first-order valence-electron chi connectivity index (χ1n) is 7.28. The van der Waals surface area contributed by atoms with Crippen LogP contribution in [0.4, 0.5) is 0 Å². The lowest BCUT2D eigenvalue weighted by atomic mass is 10.0. The van der Waals surface area contributed by atoms with Crippen LogP contribution in [-0.2, 0) is 17.8 Å². The monoisotopic (exact) mass is 275 g/mol. The molecule has 102 valence electrons. The zero-order chi connectivity index (χ0) is 13.1. The van der Waals surface area contributed by atoms with Gasteiger partial charge in [-0.3, -0.25) is 4.79 Å². The lowest BCUT2D eigenvalue weighted by molar-refractivity contribution is -0.135. The number of carbonyl (C=O) groups is 1. The molecule has 1 aromatic carbocycles. The van der Waals surface area contributed by atoms with Crippen molar-refractivity contribution in [2.75, 3.05) is 18.1 Å². The quantitative estimate of drug-likeness (QED) is 0.785. The lowest BCUT2D eigenvalue weighted by Crippen LogP contribution is -2.37. The van der Waals surface area contributed by atoms with Crippen LogP contribution in [0.25, 0.3) is 0 Å². The summed E-state index contributed by atoms with van der Waals surface area (Å²) in [7, 11) is 0. The van der Waals surface area contributed by atoms with Crippen LogP contribution in [0.3, 0.4) is 0 Å². The standard InChI is InChI=1S/C16H21NOS/c18-16(15-8-4-10-19-12-15)17-9-3-7-13-5-1-2-6-14(13)11-17/h1-2,5-6,15H,3-4,7-12H2/t15-/m1/s1. The van der Waals surface area contributed by atoms with Crippen molar-refractivity contribution in [2.45, 2.75) is 32.2 Å². The van der Waals surface area contributed by atoms with Crippen LogP contribution in [0.5, 0.6) is 0 Å². The van der Waals surface area contributed by atoms with Gasteiger partial charge < -0.3 is 4.90 Å². The molecular formula is C16H21NOS. The van der Waals surface area contributed by atoms with Crippen molar-refractivity contribution in [1.29, 1.82) is 0 Å². The van der Waals surface area contributed by atoms with E-state index in [0.29, 0.717) is 5.91 Å². The molecule has 0 radical (unpaired) electrons. The minimum atomic E-state index is 0.268.